The quantitative estimate of drug-likeness (QED) is 0.130. The summed E-state index contributed by atoms with van der Waals surface area (Å²) in [6.45, 7) is 9.51. The number of ether oxygens (including phenoxy) is 3. The number of hydrogen-bond acceptors (Lipinski definition) is 16. The molecule has 336 valence electrons. The zero-order valence-corrected chi connectivity index (χ0v) is 35.3. The Kier molecular flexibility index (Phi) is 15.9. The minimum absolute atomic E-state index is 0.00281. The maximum Gasteiger partial charge on any atom is 0.331 e. The van der Waals surface area contributed by atoms with Crippen LogP contribution in [0.25, 0.3) is 0 Å². The molecule has 22 nitrogen and oxygen atoms in total. The van der Waals surface area contributed by atoms with Crippen LogP contribution in [-0.2, 0) is 47.8 Å². The molecule has 4 aliphatic rings. The average molecular weight is 853 g/mol. The second-order valence-corrected chi connectivity index (χ2v) is 16.6. The molecule has 0 saturated carbocycles. The second kappa shape index (κ2) is 19.8. The van der Waals surface area contributed by atoms with Crippen molar-refractivity contribution in [3.8, 4) is 0 Å². The van der Waals surface area contributed by atoms with Gasteiger partial charge in [0.1, 0.15) is 24.2 Å². The molecule has 4 rings (SSSR count). The molecule has 10 atom stereocenters. The third-order valence-electron chi connectivity index (χ3n) is 11.4. The molecule has 0 aromatic carbocycles. The van der Waals surface area contributed by atoms with E-state index in [9.17, 15) is 54.2 Å². The van der Waals surface area contributed by atoms with Crippen molar-refractivity contribution in [3.05, 3.63) is 0 Å². The van der Waals surface area contributed by atoms with Crippen LogP contribution in [0.15, 0.2) is 10.2 Å². The van der Waals surface area contributed by atoms with E-state index in [4.69, 9.17) is 14.2 Å². The molecule has 0 aromatic rings. The molecule has 0 bridgehead atoms. The van der Waals surface area contributed by atoms with Crippen LogP contribution in [0.1, 0.15) is 93.4 Å². The molecule has 4 heterocycles. The summed E-state index contributed by atoms with van der Waals surface area (Å²) in [5, 5.41) is 60.0. The van der Waals surface area contributed by atoms with E-state index < -0.39 is 114 Å². The first kappa shape index (κ1) is 48.1. The molecule has 0 aromatic heterocycles. The summed E-state index contributed by atoms with van der Waals surface area (Å²) in [6.07, 6.45) is 1.39. The van der Waals surface area contributed by atoms with Gasteiger partial charge in [0, 0.05) is 26.0 Å². The van der Waals surface area contributed by atoms with Crippen LogP contribution in [0.5, 0.6) is 0 Å². The Morgan fingerprint density at radius 3 is 2.12 bits per heavy atom. The lowest BCUT2D eigenvalue weighted by Crippen LogP contribution is -2.68. The number of rotatable bonds is 8. The number of nitrogens with one attached hydrogen (secondary N) is 2. The fourth-order valence-corrected chi connectivity index (χ4v) is 7.65. The van der Waals surface area contributed by atoms with Crippen molar-refractivity contribution in [2.24, 2.45) is 28.0 Å². The van der Waals surface area contributed by atoms with Gasteiger partial charge in [-0.3, -0.25) is 39.2 Å². The number of aliphatic hydroxyl groups is 2. The summed E-state index contributed by atoms with van der Waals surface area (Å²) >= 11 is 0. The van der Waals surface area contributed by atoms with Crippen molar-refractivity contribution in [3.63, 3.8) is 0 Å². The van der Waals surface area contributed by atoms with E-state index in [2.05, 4.69) is 20.8 Å². The van der Waals surface area contributed by atoms with Crippen LogP contribution >= 0.6 is 0 Å². The molecule has 0 spiro atoms. The molecule has 6 N–H and O–H groups in total. The Bertz CT molecular complexity index is 1690. The van der Waals surface area contributed by atoms with Crippen LogP contribution < -0.4 is 10.6 Å². The molecule has 6 amide bonds. The molecule has 2 saturated heterocycles. The highest BCUT2D eigenvalue weighted by atomic mass is 16.6. The predicted octanol–water partition coefficient (Wildman–Crippen LogP) is -0.738. The van der Waals surface area contributed by atoms with Gasteiger partial charge in [0.15, 0.2) is 17.7 Å². The minimum Gasteiger partial charge on any atom is -0.458 e. The Morgan fingerprint density at radius 1 is 0.967 bits per heavy atom. The lowest BCUT2D eigenvalue weighted by Gasteiger charge is -2.47. The topological polar surface area (TPSA) is 290 Å². The van der Waals surface area contributed by atoms with Crippen molar-refractivity contribution in [2.45, 2.75) is 147 Å². The van der Waals surface area contributed by atoms with Gasteiger partial charge in [0.05, 0.1) is 19.3 Å². The van der Waals surface area contributed by atoms with Gasteiger partial charge in [-0.25, -0.2) is 24.9 Å². The average Bonchev–Trinajstić information content (AvgIpc) is 3.21. The van der Waals surface area contributed by atoms with Gasteiger partial charge in [-0.05, 0) is 77.0 Å². The van der Waals surface area contributed by atoms with Gasteiger partial charge in [0.25, 0.3) is 29.5 Å². The summed E-state index contributed by atoms with van der Waals surface area (Å²) in [5.41, 5.74) is -2.74. The highest BCUT2D eigenvalue weighted by molar-refractivity contribution is 5.97. The number of hydrazone groups is 2. The normalized spacial score (nSPS) is 32.8. The minimum atomic E-state index is -2.74. The Balaban J connectivity index is 1.80. The van der Waals surface area contributed by atoms with Crippen LogP contribution in [0.4, 0.5) is 0 Å². The third kappa shape index (κ3) is 10.3. The monoisotopic (exact) mass is 852 g/mol. The number of carbonyl (C=O) groups excluding carboxylic acids is 7. The Morgan fingerprint density at radius 2 is 1.55 bits per heavy atom. The number of methoxy groups -OCH3 is 1. The lowest BCUT2D eigenvalue weighted by atomic mass is 9.79. The van der Waals surface area contributed by atoms with E-state index >= 15 is 0 Å². The van der Waals surface area contributed by atoms with Gasteiger partial charge in [-0.1, -0.05) is 27.7 Å². The van der Waals surface area contributed by atoms with Crippen molar-refractivity contribution < 1.29 is 68.4 Å². The van der Waals surface area contributed by atoms with Gasteiger partial charge in [-0.2, -0.15) is 10.2 Å². The first-order valence-corrected chi connectivity index (χ1v) is 20.2. The second-order valence-electron chi connectivity index (χ2n) is 16.6. The number of amides is 6. The van der Waals surface area contributed by atoms with E-state index in [1.54, 1.807) is 6.92 Å². The van der Waals surface area contributed by atoms with Crippen molar-refractivity contribution in [1.82, 2.24) is 30.8 Å². The Labute approximate surface area is 348 Å². The first-order valence-electron chi connectivity index (χ1n) is 20.2. The smallest absolute Gasteiger partial charge is 0.331 e. The number of hydrogen-bond donors (Lipinski definition) is 6. The van der Waals surface area contributed by atoms with Gasteiger partial charge in [0.2, 0.25) is 11.7 Å². The van der Waals surface area contributed by atoms with Crippen LogP contribution in [0.2, 0.25) is 0 Å². The molecular weight excluding hydrogens is 792 g/mol. The summed E-state index contributed by atoms with van der Waals surface area (Å²) in [7, 11) is 1.18. The summed E-state index contributed by atoms with van der Waals surface area (Å²) in [5.74, 6) is -11.2. The van der Waals surface area contributed by atoms with Crippen LogP contribution in [-0.4, -0.2) is 169 Å². The first-order chi connectivity index (χ1) is 28.1. The number of fused-ring (bicyclic) bond motifs is 2. The van der Waals surface area contributed by atoms with Crippen molar-refractivity contribution in [2.75, 3.05) is 20.3 Å². The van der Waals surface area contributed by atoms with E-state index in [-0.39, 0.29) is 48.1 Å². The largest absolute Gasteiger partial charge is 0.458 e. The fourth-order valence-electron chi connectivity index (χ4n) is 7.65. The maximum absolute atomic E-state index is 14.8. The predicted molar refractivity (Wildman–Crippen MR) is 207 cm³/mol. The summed E-state index contributed by atoms with van der Waals surface area (Å²) in [6, 6.07) is -8.65. The molecule has 2 fully saturated rings. The third-order valence-corrected chi connectivity index (χ3v) is 11.4. The molecule has 4 aliphatic heterocycles. The Hall–Kier alpha value is -4.61. The van der Waals surface area contributed by atoms with E-state index in [1.165, 1.54) is 33.4 Å². The highest BCUT2D eigenvalue weighted by Crippen LogP contribution is 2.40. The van der Waals surface area contributed by atoms with Gasteiger partial charge in [-0.15, -0.1) is 0 Å². The van der Waals surface area contributed by atoms with Crippen molar-refractivity contribution in [1.29, 1.82) is 0 Å². The molecule has 0 radical (unpaired) electrons. The molecule has 0 aliphatic carbocycles. The maximum atomic E-state index is 14.8. The van der Waals surface area contributed by atoms with E-state index in [1.807, 2.05) is 13.8 Å². The molecular formula is C38H60N8O14. The zero-order chi connectivity index (χ0) is 44.9. The standard InChI is InChI=1S/C38H60N8O14/c1-20(2)17-24-13-14-38(55,60-23(24)6)37(7,54)36(53)42-29-30(21(3)4)59-35(52)22(5)45(56)32(49)25-11-9-15-40-43(25)28(47)18-39-31(48)27(19-58-8)46(57)33(50)26-12-10-16-41-44(26)34(29)51/h15-16,20-27,29-30,54-57H,9-14,17-19H2,1-8H3,(H,39,48)(H,42,53)/t22-,23-,24-,25-,26+,27+,29-,30-,37-,38-/m0/s1. The number of esters is 1. The zero-order valence-electron chi connectivity index (χ0n) is 35.3. The van der Waals surface area contributed by atoms with Crippen LogP contribution in [0.3, 0.4) is 0 Å². The summed E-state index contributed by atoms with van der Waals surface area (Å²) in [4.78, 5) is 97.2. The number of hydroxylamine groups is 4. The van der Waals surface area contributed by atoms with Crippen molar-refractivity contribution >= 4 is 53.8 Å². The number of cyclic esters (lactones) is 1. The van der Waals surface area contributed by atoms with Gasteiger partial charge < -0.3 is 35.1 Å². The molecule has 0 unspecified atom stereocenters. The highest BCUT2D eigenvalue weighted by Gasteiger charge is 2.57. The van der Waals surface area contributed by atoms with E-state index in [0.29, 0.717) is 17.3 Å². The fraction of sp³-hybridized carbons (Fsp3) is 0.763. The van der Waals surface area contributed by atoms with Crippen LogP contribution in [0, 0.1) is 17.8 Å². The number of carbonyl (C=O) groups is 7. The van der Waals surface area contributed by atoms with E-state index in [0.717, 1.165) is 25.3 Å². The molecule has 60 heavy (non-hydrogen) atoms. The summed E-state index contributed by atoms with van der Waals surface area (Å²) < 4.78 is 16.8. The van der Waals surface area contributed by atoms with Gasteiger partial charge >= 0.3 is 5.97 Å². The SMILES string of the molecule is COC[C@@H]1C(=O)NCC(=O)N2N=CCC[C@H]2C(=O)N(O)[C@@H](C)C(=O)O[C@@H](C(C)C)[C@H](NC(=O)[C@](C)(O)[C@]2(O)CC[C@@H](CC(C)C)[C@H](C)O2)C(=O)N2N=CCC[C@@H]2C(=O)N1O. The lowest BCUT2D eigenvalue weighted by molar-refractivity contribution is -0.326. The molecule has 22 heteroatoms. The number of nitrogens with zero attached hydrogens (tertiary/aromatic N) is 6.